The molecular formula is C18H16F3NO2. The van der Waals surface area contributed by atoms with Crippen molar-refractivity contribution in [3.8, 4) is 5.75 Å². The number of carbonyl (C=O) groups is 1. The Bertz CT molecular complexity index is 746. The van der Waals surface area contributed by atoms with Gasteiger partial charge >= 0.3 is 6.18 Å². The van der Waals surface area contributed by atoms with Crippen LogP contribution in [0.5, 0.6) is 5.75 Å². The molecule has 1 aliphatic rings. The first-order chi connectivity index (χ1) is 11.4. The van der Waals surface area contributed by atoms with Gasteiger partial charge < -0.3 is 10.1 Å². The fourth-order valence-corrected chi connectivity index (χ4v) is 2.96. The van der Waals surface area contributed by atoms with E-state index in [0.717, 1.165) is 23.3 Å². The van der Waals surface area contributed by atoms with Crippen LogP contribution in [0.25, 0.3) is 0 Å². The molecule has 0 atom stereocenters. The lowest BCUT2D eigenvalue weighted by Crippen LogP contribution is -2.23. The summed E-state index contributed by atoms with van der Waals surface area (Å²) in [5, 5.41) is 2.59. The van der Waals surface area contributed by atoms with E-state index in [-0.39, 0.29) is 23.3 Å². The number of alkyl halides is 3. The number of hydrogen-bond donors (Lipinski definition) is 1. The molecule has 24 heavy (non-hydrogen) atoms. The Morgan fingerprint density at radius 3 is 2.29 bits per heavy atom. The van der Waals surface area contributed by atoms with Crippen molar-refractivity contribution >= 4 is 11.6 Å². The first-order valence-electron chi connectivity index (χ1n) is 7.51. The number of ether oxygens (including phenoxy) is 1. The first-order valence-corrected chi connectivity index (χ1v) is 7.51. The van der Waals surface area contributed by atoms with E-state index >= 15 is 0 Å². The third-order valence-corrected chi connectivity index (χ3v) is 4.21. The number of anilines is 1. The van der Waals surface area contributed by atoms with E-state index in [1.165, 1.54) is 13.2 Å². The van der Waals surface area contributed by atoms with E-state index in [9.17, 15) is 18.0 Å². The number of fused-ring (bicyclic) bond motifs is 1. The molecule has 0 unspecified atom stereocenters. The summed E-state index contributed by atoms with van der Waals surface area (Å²) >= 11 is 0. The highest BCUT2D eigenvalue weighted by atomic mass is 19.4. The molecule has 0 radical (unpaired) electrons. The third-order valence-electron chi connectivity index (χ3n) is 4.21. The molecule has 0 aliphatic heterocycles. The highest BCUT2D eigenvalue weighted by Gasteiger charge is 2.32. The van der Waals surface area contributed by atoms with Crippen LogP contribution in [0.1, 0.15) is 16.7 Å². The summed E-state index contributed by atoms with van der Waals surface area (Å²) in [5.41, 5.74) is 1.42. The molecular weight excluding hydrogens is 319 g/mol. The lowest BCUT2D eigenvalue weighted by Gasteiger charge is -2.15. The number of halogens is 3. The Morgan fingerprint density at radius 2 is 1.75 bits per heavy atom. The van der Waals surface area contributed by atoms with Crippen LogP contribution in [-0.2, 0) is 23.8 Å². The molecule has 1 N–H and O–H groups in total. The molecule has 2 aromatic carbocycles. The van der Waals surface area contributed by atoms with E-state index in [1.807, 2.05) is 24.3 Å². The van der Waals surface area contributed by atoms with Gasteiger partial charge in [-0.1, -0.05) is 24.3 Å². The minimum absolute atomic E-state index is 0.0354. The Morgan fingerprint density at radius 1 is 1.12 bits per heavy atom. The summed E-state index contributed by atoms with van der Waals surface area (Å²) in [7, 11) is 1.35. The highest BCUT2D eigenvalue weighted by Crippen LogP contribution is 2.35. The number of rotatable bonds is 3. The predicted molar refractivity (Wildman–Crippen MR) is 84.0 cm³/mol. The molecule has 0 bridgehead atoms. The van der Waals surface area contributed by atoms with Crippen LogP contribution >= 0.6 is 0 Å². The quantitative estimate of drug-likeness (QED) is 0.918. The number of methoxy groups -OCH3 is 1. The molecule has 6 heteroatoms. The topological polar surface area (TPSA) is 38.3 Å². The Kier molecular flexibility index (Phi) is 4.22. The lowest BCUT2D eigenvalue weighted by atomic mass is 10.1. The maximum absolute atomic E-state index is 12.9. The molecule has 1 amide bonds. The van der Waals surface area contributed by atoms with Crippen LogP contribution in [-0.4, -0.2) is 13.0 Å². The molecule has 3 nitrogen and oxygen atoms in total. The third kappa shape index (κ3) is 3.22. The van der Waals surface area contributed by atoms with E-state index in [1.54, 1.807) is 0 Å². The second-order valence-electron chi connectivity index (χ2n) is 5.78. The molecule has 126 valence electrons. The van der Waals surface area contributed by atoms with Gasteiger partial charge in [-0.25, -0.2) is 0 Å². The summed E-state index contributed by atoms with van der Waals surface area (Å²) in [4.78, 5) is 12.5. The smallest absolute Gasteiger partial charge is 0.416 e. The van der Waals surface area contributed by atoms with Gasteiger partial charge in [-0.3, -0.25) is 4.79 Å². The zero-order valence-electron chi connectivity index (χ0n) is 13.0. The minimum atomic E-state index is -4.48. The van der Waals surface area contributed by atoms with E-state index in [4.69, 9.17) is 4.74 Å². The lowest BCUT2D eigenvalue weighted by molar-refractivity contribution is -0.137. The molecule has 2 aromatic rings. The highest BCUT2D eigenvalue weighted by molar-refractivity contribution is 5.94. The van der Waals surface area contributed by atoms with E-state index < -0.39 is 11.7 Å². The largest absolute Gasteiger partial charge is 0.495 e. The van der Waals surface area contributed by atoms with Crippen molar-refractivity contribution in [2.75, 3.05) is 12.4 Å². The number of hydrogen-bond acceptors (Lipinski definition) is 2. The molecule has 0 spiro atoms. The van der Waals surface area contributed by atoms with Crippen molar-refractivity contribution in [1.29, 1.82) is 0 Å². The van der Waals surface area contributed by atoms with Crippen LogP contribution in [0.4, 0.5) is 18.9 Å². The SMILES string of the molecule is COc1ccc(C(F)(F)F)cc1NC(=O)C1Cc2ccccc2C1. The average molecular weight is 335 g/mol. The van der Waals surface area contributed by atoms with Crippen molar-refractivity contribution < 1.29 is 22.7 Å². The zero-order valence-corrected chi connectivity index (χ0v) is 13.0. The predicted octanol–water partition coefficient (Wildman–Crippen LogP) is 4.07. The maximum Gasteiger partial charge on any atom is 0.416 e. The normalized spacial score (nSPS) is 14.3. The summed E-state index contributed by atoms with van der Waals surface area (Å²) in [6.45, 7) is 0. The van der Waals surface area contributed by atoms with Gasteiger partial charge in [0.25, 0.3) is 0 Å². The fourth-order valence-electron chi connectivity index (χ4n) is 2.96. The number of nitrogens with one attached hydrogen (secondary N) is 1. The Hall–Kier alpha value is -2.50. The average Bonchev–Trinajstić information content (AvgIpc) is 2.98. The molecule has 0 saturated carbocycles. The summed E-state index contributed by atoms with van der Waals surface area (Å²) < 4.78 is 43.7. The molecule has 3 rings (SSSR count). The second kappa shape index (κ2) is 6.19. The second-order valence-corrected chi connectivity index (χ2v) is 5.78. The van der Waals surface area contributed by atoms with E-state index in [0.29, 0.717) is 12.8 Å². The van der Waals surface area contributed by atoms with Crippen molar-refractivity contribution in [3.05, 3.63) is 59.2 Å². The van der Waals surface area contributed by atoms with Crippen molar-refractivity contribution in [2.24, 2.45) is 5.92 Å². The monoisotopic (exact) mass is 335 g/mol. The number of carbonyl (C=O) groups excluding carboxylic acids is 1. The van der Waals surface area contributed by atoms with Crippen LogP contribution < -0.4 is 10.1 Å². The number of amides is 1. The van der Waals surface area contributed by atoms with Gasteiger partial charge in [-0.2, -0.15) is 13.2 Å². The van der Waals surface area contributed by atoms with Gasteiger partial charge in [0.15, 0.2) is 0 Å². The Labute approximate surface area is 137 Å². The minimum Gasteiger partial charge on any atom is -0.495 e. The van der Waals surface area contributed by atoms with Crippen molar-refractivity contribution in [1.82, 2.24) is 0 Å². The summed E-state index contributed by atoms with van der Waals surface area (Å²) in [6.07, 6.45) is -3.30. The van der Waals surface area contributed by atoms with Crippen LogP contribution in [0, 0.1) is 5.92 Å². The zero-order chi connectivity index (χ0) is 17.3. The van der Waals surface area contributed by atoms with Gasteiger partial charge in [-0.15, -0.1) is 0 Å². The molecule has 0 saturated heterocycles. The van der Waals surface area contributed by atoms with Crippen LogP contribution in [0.3, 0.4) is 0 Å². The summed E-state index contributed by atoms with van der Waals surface area (Å²) in [5.74, 6) is -0.391. The van der Waals surface area contributed by atoms with Crippen LogP contribution in [0.15, 0.2) is 42.5 Å². The van der Waals surface area contributed by atoms with Crippen molar-refractivity contribution in [2.45, 2.75) is 19.0 Å². The van der Waals surface area contributed by atoms with Gasteiger partial charge in [0.05, 0.1) is 18.4 Å². The van der Waals surface area contributed by atoms with E-state index in [2.05, 4.69) is 5.32 Å². The first kappa shape index (κ1) is 16.4. The molecule has 0 fully saturated rings. The van der Waals surface area contributed by atoms with Gasteiger partial charge in [0.2, 0.25) is 5.91 Å². The number of benzene rings is 2. The van der Waals surface area contributed by atoms with Gasteiger partial charge in [0.1, 0.15) is 5.75 Å². The van der Waals surface area contributed by atoms with Gasteiger partial charge in [-0.05, 0) is 42.2 Å². The molecule has 1 aliphatic carbocycles. The molecule has 0 aromatic heterocycles. The molecule has 0 heterocycles. The standard InChI is InChI=1S/C18H16F3NO2/c1-24-16-7-6-14(18(19,20)21)10-15(16)22-17(23)13-8-11-4-2-3-5-12(11)9-13/h2-7,10,13H,8-9H2,1H3,(H,22,23). The van der Waals surface area contributed by atoms with Gasteiger partial charge in [0, 0.05) is 5.92 Å². The Balaban J connectivity index is 1.80. The fraction of sp³-hybridized carbons (Fsp3) is 0.278. The van der Waals surface area contributed by atoms with Crippen LogP contribution in [0.2, 0.25) is 0 Å². The maximum atomic E-state index is 12.9. The summed E-state index contributed by atoms with van der Waals surface area (Å²) in [6, 6.07) is 10.8. The van der Waals surface area contributed by atoms with Crippen molar-refractivity contribution in [3.63, 3.8) is 0 Å².